The van der Waals surface area contributed by atoms with Crippen molar-refractivity contribution < 1.29 is 9.53 Å². The molecule has 2 aliphatic heterocycles. The highest BCUT2D eigenvalue weighted by Gasteiger charge is 2.33. The molecule has 198 valence electrons. The molecule has 3 heterocycles. The molecular formula is C30H35N5O3. The quantitative estimate of drug-likeness (QED) is 0.505. The molecule has 0 spiro atoms. The van der Waals surface area contributed by atoms with Crippen LogP contribution in [0.1, 0.15) is 44.5 Å². The number of aromatic nitrogens is 2. The molecule has 2 aliphatic rings. The predicted molar refractivity (Wildman–Crippen MR) is 149 cm³/mol. The maximum atomic E-state index is 13.6. The van der Waals surface area contributed by atoms with Crippen LogP contribution < -0.4 is 10.6 Å². The number of hydrogen-bond acceptors (Lipinski definition) is 6. The number of nitrogens with zero attached hydrogens (tertiary/aromatic N) is 5. The minimum atomic E-state index is -0.545. The summed E-state index contributed by atoms with van der Waals surface area (Å²) in [4.78, 5) is 36.9. The molecule has 0 radical (unpaired) electrons. The van der Waals surface area contributed by atoms with Gasteiger partial charge in [0.05, 0.1) is 17.9 Å². The maximum absolute atomic E-state index is 13.6. The van der Waals surface area contributed by atoms with Gasteiger partial charge in [0.1, 0.15) is 11.4 Å². The Hall–Kier alpha value is -4.07. The van der Waals surface area contributed by atoms with Gasteiger partial charge in [0, 0.05) is 44.0 Å². The van der Waals surface area contributed by atoms with Crippen LogP contribution >= 0.6 is 0 Å². The number of rotatable bonds is 4. The molecule has 3 aromatic rings. The highest BCUT2D eigenvalue weighted by Crippen LogP contribution is 2.31. The highest BCUT2D eigenvalue weighted by atomic mass is 16.6. The fourth-order valence-corrected chi connectivity index (χ4v) is 5.07. The number of benzene rings is 2. The van der Waals surface area contributed by atoms with Crippen molar-refractivity contribution in [3.05, 3.63) is 94.2 Å². The summed E-state index contributed by atoms with van der Waals surface area (Å²) < 4.78 is 7.31. The summed E-state index contributed by atoms with van der Waals surface area (Å²) in [6, 6.07) is 20.0. The summed E-state index contributed by atoms with van der Waals surface area (Å²) in [7, 11) is 0. The molecule has 8 heteroatoms. The van der Waals surface area contributed by atoms with E-state index in [-0.39, 0.29) is 17.8 Å². The number of fused-ring (bicyclic) bond motifs is 1. The van der Waals surface area contributed by atoms with Crippen LogP contribution in [0.4, 0.5) is 10.6 Å². The van der Waals surface area contributed by atoms with E-state index in [1.54, 1.807) is 9.47 Å². The predicted octanol–water partition coefficient (Wildman–Crippen LogP) is 4.66. The van der Waals surface area contributed by atoms with Crippen LogP contribution in [-0.2, 0) is 17.8 Å². The van der Waals surface area contributed by atoms with Crippen LogP contribution in [0.2, 0.25) is 0 Å². The van der Waals surface area contributed by atoms with Gasteiger partial charge < -0.3 is 19.4 Å². The lowest BCUT2D eigenvalue weighted by atomic mass is 10.1. The van der Waals surface area contributed by atoms with E-state index in [1.165, 1.54) is 5.56 Å². The standard InChI is InChI=1S/C30H35N5O3/c1-22-19-33(29(37)38-30(2,3)4)17-18-34(22)27-25-15-16-32(20-23-11-7-5-8-12-23)21-26(25)35(28(36)31-27)24-13-9-6-10-14-24/h5-16,22H,17-21H2,1-4H3/t22-/m0/s1. The van der Waals surface area contributed by atoms with E-state index in [9.17, 15) is 9.59 Å². The van der Waals surface area contributed by atoms with Gasteiger partial charge in [-0.3, -0.25) is 4.57 Å². The number of carbonyl (C=O) groups excluding carboxylic acids is 1. The number of piperazine rings is 1. The van der Waals surface area contributed by atoms with Gasteiger partial charge in [0.25, 0.3) is 0 Å². The third-order valence-corrected chi connectivity index (χ3v) is 6.81. The lowest BCUT2D eigenvalue weighted by molar-refractivity contribution is 0.0218. The molecule has 2 aromatic carbocycles. The van der Waals surface area contributed by atoms with E-state index in [2.05, 4.69) is 46.1 Å². The Kier molecular flexibility index (Phi) is 6.97. The van der Waals surface area contributed by atoms with Gasteiger partial charge in [-0.1, -0.05) is 48.5 Å². The molecule has 38 heavy (non-hydrogen) atoms. The summed E-state index contributed by atoms with van der Waals surface area (Å²) in [6.45, 7) is 10.5. The molecule has 1 atom stereocenters. The SMILES string of the molecule is C[C@H]1CN(C(=O)OC(C)(C)C)CCN1c1nc(=O)n(-c2ccccc2)c2c1C=CN(Cc1ccccc1)C2. The van der Waals surface area contributed by atoms with Gasteiger partial charge in [0.15, 0.2) is 0 Å². The lowest BCUT2D eigenvalue weighted by Gasteiger charge is -2.42. The van der Waals surface area contributed by atoms with Crippen LogP contribution in [0.5, 0.6) is 0 Å². The van der Waals surface area contributed by atoms with E-state index >= 15 is 0 Å². The highest BCUT2D eigenvalue weighted by molar-refractivity contribution is 5.71. The first-order valence-electron chi connectivity index (χ1n) is 13.1. The summed E-state index contributed by atoms with van der Waals surface area (Å²) in [5, 5.41) is 0. The first kappa shape index (κ1) is 25.6. The third kappa shape index (κ3) is 5.44. The maximum Gasteiger partial charge on any atom is 0.410 e. The number of para-hydroxylation sites is 1. The van der Waals surface area contributed by atoms with Crippen molar-refractivity contribution in [1.29, 1.82) is 0 Å². The zero-order valence-corrected chi connectivity index (χ0v) is 22.5. The Bertz CT molecular complexity index is 1380. The second-order valence-corrected chi connectivity index (χ2v) is 10.9. The third-order valence-electron chi connectivity index (χ3n) is 6.81. The fraction of sp³-hybridized carbons (Fsp3) is 0.367. The Morgan fingerprint density at radius 2 is 1.71 bits per heavy atom. The fourth-order valence-electron chi connectivity index (χ4n) is 5.07. The van der Waals surface area contributed by atoms with E-state index in [0.717, 1.165) is 23.5 Å². The molecular weight excluding hydrogens is 478 g/mol. The van der Waals surface area contributed by atoms with Crippen LogP contribution in [0, 0.1) is 0 Å². The number of hydrogen-bond donors (Lipinski definition) is 0. The molecule has 1 aromatic heterocycles. The van der Waals surface area contributed by atoms with Crippen molar-refractivity contribution in [3.8, 4) is 5.69 Å². The van der Waals surface area contributed by atoms with E-state index in [4.69, 9.17) is 4.74 Å². The first-order valence-corrected chi connectivity index (χ1v) is 13.1. The van der Waals surface area contributed by atoms with E-state index in [1.807, 2.05) is 69.3 Å². The minimum absolute atomic E-state index is 0.0319. The van der Waals surface area contributed by atoms with E-state index < -0.39 is 5.60 Å². The van der Waals surface area contributed by atoms with Crippen LogP contribution in [-0.4, -0.2) is 56.7 Å². The molecule has 0 N–H and O–H groups in total. The summed E-state index contributed by atoms with van der Waals surface area (Å²) in [5.41, 5.74) is 3.00. The molecule has 1 saturated heterocycles. The average molecular weight is 514 g/mol. The normalized spacial score (nSPS) is 17.4. The molecule has 5 rings (SSSR count). The summed E-state index contributed by atoms with van der Waals surface area (Å²) in [6.07, 6.45) is 3.84. The van der Waals surface area contributed by atoms with Gasteiger partial charge in [-0.2, -0.15) is 4.98 Å². The lowest BCUT2D eigenvalue weighted by Crippen LogP contribution is -2.55. The van der Waals surface area contributed by atoms with Gasteiger partial charge in [0.2, 0.25) is 0 Å². The van der Waals surface area contributed by atoms with Crippen molar-refractivity contribution >= 4 is 18.0 Å². The average Bonchev–Trinajstić information content (AvgIpc) is 2.88. The van der Waals surface area contributed by atoms with Gasteiger partial charge >= 0.3 is 11.8 Å². The molecule has 0 bridgehead atoms. The summed E-state index contributed by atoms with van der Waals surface area (Å²) >= 11 is 0. The number of carbonyl (C=O) groups is 1. The molecule has 8 nitrogen and oxygen atoms in total. The van der Waals surface area contributed by atoms with Crippen molar-refractivity contribution in [2.75, 3.05) is 24.5 Å². The second kappa shape index (κ2) is 10.4. The van der Waals surface area contributed by atoms with Crippen molar-refractivity contribution in [3.63, 3.8) is 0 Å². The van der Waals surface area contributed by atoms with Crippen LogP contribution in [0.25, 0.3) is 11.8 Å². The monoisotopic (exact) mass is 513 g/mol. The number of ether oxygens (including phenoxy) is 1. The topological polar surface area (TPSA) is 70.9 Å². The van der Waals surface area contributed by atoms with Crippen molar-refractivity contribution in [2.24, 2.45) is 0 Å². The Morgan fingerprint density at radius 3 is 2.37 bits per heavy atom. The molecule has 0 saturated carbocycles. The first-order chi connectivity index (χ1) is 18.2. The number of anilines is 1. The Morgan fingerprint density at radius 1 is 1.03 bits per heavy atom. The smallest absolute Gasteiger partial charge is 0.410 e. The number of amides is 1. The Balaban J connectivity index is 1.48. The Labute approximate surface area is 223 Å². The van der Waals surface area contributed by atoms with Crippen LogP contribution in [0.3, 0.4) is 0 Å². The van der Waals surface area contributed by atoms with Gasteiger partial charge in [-0.15, -0.1) is 0 Å². The minimum Gasteiger partial charge on any atom is -0.444 e. The van der Waals surface area contributed by atoms with Crippen molar-refractivity contribution in [2.45, 2.75) is 52.4 Å². The van der Waals surface area contributed by atoms with Gasteiger partial charge in [-0.25, -0.2) is 9.59 Å². The second-order valence-electron chi connectivity index (χ2n) is 10.9. The molecule has 0 unspecified atom stereocenters. The zero-order chi connectivity index (χ0) is 26.9. The largest absolute Gasteiger partial charge is 0.444 e. The molecule has 1 amide bonds. The molecule has 1 fully saturated rings. The molecule has 0 aliphatic carbocycles. The summed E-state index contributed by atoms with van der Waals surface area (Å²) in [5.74, 6) is 0.670. The van der Waals surface area contributed by atoms with E-state index in [0.29, 0.717) is 32.0 Å². The van der Waals surface area contributed by atoms with Gasteiger partial charge in [-0.05, 0) is 51.5 Å². The zero-order valence-electron chi connectivity index (χ0n) is 22.5. The van der Waals surface area contributed by atoms with Crippen molar-refractivity contribution in [1.82, 2.24) is 19.4 Å². The van der Waals surface area contributed by atoms with Crippen LogP contribution in [0.15, 0.2) is 71.7 Å².